The number of carbonyl (C=O) groups excluding carboxylic acids is 1. The minimum atomic E-state index is -4.06. The predicted octanol–water partition coefficient (Wildman–Crippen LogP) is 6.17. The number of rotatable bonds is 13. The molecule has 1 aliphatic heterocycles. The van der Waals surface area contributed by atoms with E-state index in [0.29, 0.717) is 66.8 Å². The Labute approximate surface area is 282 Å². The number of aromatic nitrogens is 4. The second kappa shape index (κ2) is 15.5. The van der Waals surface area contributed by atoms with Crippen LogP contribution in [0.1, 0.15) is 19.3 Å². The van der Waals surface area contributed by atoms with Gasteiger partial charge in [0.2, 0.25) is 5.91 Å². The molecule has 0 bridgehead atoms. The number of carbonyl (C=O) groups is 1. The molecule has 3 heterocycles. The summed E-state index contributed by atoms with van der Waals surface area (Å²) in [5, 5.41) is 11.0. The van der Waals surface area contributed by atoms with Crippen LogP contribution in [0.15, 0.2) is 41.0 Å². The molecule has 2 aromatic carbocycles. The smallest absolute Gasteiger partial charge is 0.325 e. The summed E-state index contributed by atoms with van der Waals surface area (Å²) in [6.45, 7) is 2.30. The highest BCUT2D eigenvalue weighted by Crippen LogP contribution is 2.37. The van der Waals surface area contributed by atoms with Crippen molar-refractivity contribution < 1.29 is 28.3 Å². The summed E-state index contributed by atoms with van der Waals surface area (Å²) in [4.78, 5) is 42.5. The largest absolute Gasteiger partial charge is 0.491 e. The average Bonchev–Trinajstić information content (AvgIpc) is 3.35. The van der Waals surface area contributed by atoms with Gasteiger partial charge in [-0.3, -0.25) is 9.36 Å². The van der Waals surface area contributed by atoms with E-state index >= 15 is 0 Å². The predicted molar refractivity (Wildman–Crippen MR) is 182 cm³/mol. The van der Waals surface area contributed by atoms with E-state index in [0.717, 1.165) is 25.9 Å². The van der Waals surface area contributed by atoms with Crippen molar-refractivity contribution in [3.8, 4) is 5.75 Å². The Kier molecular flexibility index (Phi) is 11.7. The molecule has 1 saturated heterocycles. The van der Waals surface area contributed by atoms with Crippen LogP contribution in [0.25, 0.3) is 10.9 Å². The van der Waals surface area contributed by atoms with Gasteiger partial charge in [-0.1, -0.05) is 34.7 Å². The lowest BCUT2D eigenvalue weighted by atomic mass is 9.98. The number of piperidine rings is 1. The average molecular weight is 728 g/mol. The van der Waals surface area contributed by atoms with Gasteiger partial charge in [0, 0.05) is 22.9 Å². The number of amides is 1. The summed E-state index contributed by atoms with van der Waals surface area (Å²) < 4.78 is 33.5. The molecule has 0 radical (unpaired) electrons. The number of likely N-dealkylation sites (tertiary alicyclic amines) is 1. The molecule has 4 aromatic rings. The summed E-state index contributed by atoms with van der Waals surface area (Å²) in [5.74, 6) is 0.774. The normalized spacial score (nSPS) is 14.5. The monoisotopic (exact) mass is 727 g/mol. The Bertz CT molecular complexity index is 1820. The Morgan fingerprint density at radius 3 is 2.78 bits per heavy atom. The van der Waals surface area contributed by atoms with Gasteiger partial charge < -0.3 is 30.1 Å². The van der Waals surface area contributed by atoms with Crippen LogP contribution in [-0.4, -0.2) is 79.0 Å². The maximum absolute atomic E-state index is 13.7. The maximum Gasteiger partial charge on any atom is 0.325 e. The number of ether oxygens (including phenoxy) is 1. The second-order valence-corrected chi connectivity index (χ2v) is 16.0. The second-order valence-electron chi connectivity index (χ2n) is 10.8. The molecular formula is C28H32ClFN7O5PS3. The number of nitrogens with one attached hydrogen (secondary N) is 2. The minimum Gasteiger partial charge on any atom is -0.491 e. The number of fused-ring (bicyclic) bond motifs is 1. The van der Waals surface area contributed by atoms with Crippen molar-refractivity contribution in [2.45, 2.75) is 30.1 Å². The molecule has 46 heavy (non-hydrogen) atoms. The third kappa shape index (κ3) is 9.67. The van der Waals surface area contributed by atoms with Crippen LogP contribution in [0.5, 0.6) is 5.75 Å². The van der Waals surface area contributed by atoms with Gasteiger partial charge in [-0.25, -0.2) is 19.0 Å². The molecule has 4 N–H and O–H groups in total. The van der Waals surface area contributed by atoms with E-state index in [4.69, 9.17) is 38.3 Å². The first-order valence-electron chi connectivity index (χ1n) is 14.3. The van der Waals surface area contributed by atoms with Crippen LogP contribution >= 0.6 is 54.5 Å². The summed E-state index contributed by atoms with van der Waals surface area (Å²) in [5.41, 5.74) is 1.51. The number of nitrogens with zero attached hydrogens (tertiary/aromatic N) is 5. The SMILES string of the molecule is CN1CCC(COc2cc3ncnc(Nc4ccc(F)c(Cl)c4)c3cc2NC(=O)Cn2nc(SCCCP(=O)(O)O)sc2=S)CC1. The van der Waals surface area contributed by atoms with Crippen molar-refractivity contribution in [1.82, 2.24) is 24.6 Å². The third-order valence-electron chi connectivity index (χ3n) is 7.21. The molecule has 0 atom stereocenters. The van der Waals surface area contributed by atoms with E-state index in [1.165, 1.54) is 46.2 Å². The third-order valence-corrected chi connectivity index (χ3v) is 10.9. The van der Waals surface area contributed by atoms with Gasteiger partial charge in [0.25, 0.3) is 0 Å². The molecule has 0 aliphatic carbocycles. The van der Waals surface area contributed by atoms with Crippen molar-refractivity contribution >= 4 is 88.5 Å². The first kappa shape index (κ1) is 34.6. The van der Waals surface area contributed by atoms with Crippen molar-refractivity contribution in [3.63, 3.8) is 0 Å². The lowest BCUT2D eigenvalue weighted by Gasteiger charge is -2.29. The van der Waals surface area contributed by atoms with E-state index in [-0.39, 0.29) is 23.6 Å². The van der Waals surface area contributed by atoms with Crippen molar-refractivity contribution in [2.75, 3.05) is 49.3 Å². The molecule has 12 nitrogen and oxygen atoms in total. The molecule has 1 aliphatic rings. The molecule has 0 unspecified atom stereocenters. The van der Waals surface area contributed by atoms with Crippen LogP contribution in [-0.2, 0) is 15.9 Å². The zero-order valence-corrected chi connectivity index (χ0v) is 28.8. The molecule has 1 amide bonds. The summed E-state index contributed by atoms with van der Waals surface area (Å²) in [7, 11) is -1.96. The summed E-state index contributed by atoms with van der Waals surface area (Å²) >= 11 is 13.9. The van der Waals surface area contributed by atoms with Gasteiger partial charge in [-0.05, 0) is 81.8 Å². The van der Waals surface area contributed by atoms with Crippen LogP contribution in [0.4, 0.5) is 21.6 Å². The van der Waals surface area contributed by atoms with Crippen LogP contribution in [0, 0.1) is 15.7 Å². The number of hydrogen-bond acceptors (Lipinski definition) is 11. The summed E-state index contributed by atoms with van der Waals surface area (Å²) in [6, 6.07) is 7.73. The lowest BCUT2D eigenvalue weighted by Crippen LogP contribution is -2.32. The highest BCUT2D eigenvalue weighted by molar-refractivity contribution is 8.01. The number of halogens is 2. The van der Waals surface area contributed by atoms with E-state index < -0.39 is 13.4 Å². The van der Waals surface area contributed by atoms with Crippen molar-refractivity contribution in [2.24, 2.45) is 5.92 Å². The number of hydrogen-bond donors (Lipinski definition) is 4. The zero-order valence-electron chi connectivity index (χ0n) is 24.7. The van der Waals surface area contributed by atoms with Crippen LogP contribution in [0.2, 0.25) is 5.02 Å². The highest BCUT2D eigenvalue weighted by atomic mass is 35.5. The van der Waals surface area contributed by atoms with E-state index in [2.05, 4.69) is 37.6 Å². The van der Waals surface area contributed by atoms with Crippen LogP contribution < -0.4 is 15.4 Å². The fraction of sp³-hybridized carbons (Fsp3) is 0.393. The van der Waals surface area contributed by atoms with Gasteiger partial charge >= 0.3 is 7.60 Å². The standard InChI is InChI=1S/C28H32ClFN7O5PS3/c1-36-7-5-17(6-8-36)15-42-24-13-22-19(26(32-16-31-22)33-18-3-4-21(30)20(29)11-18)12-23(24)34-25(38)14-37-28(44)46-27(35-37)45-10-2-9-43(39,40)41/h3-4,11-13,16-17H,2,5-10,14-15H2,1H3,(H,34,38)(H,31,32,33)(H2,39,40,41). The first-order chi connectivity index (χ1) is 21.9. The fourth-order valence-corrected chi connectivity index (χ4v) is 8.06. The topological polar surface area (TPSA) is 155 Å². The van der Waals surface area contributed by atoms with E-state index in [1.54, 1.807) is 18.2 Å². The minimum absolute atomic E-state index is 0.0377. The Balaban J connectivity index is 1.36. The first-order valence-corrected chi connectivity index (χ1v) is 18.7. The molecule has 1 fully saturated rings. The molecule has 0 spiro atoms. The Morgan fingerprint density at radius 1 is 1.26 bits per heavy atom. The van der Waals surface area contributed by atoms with Crippen molar-refractivity contribution in [3.05, 3.63) is 51.5 Å². The number of benzene rings is 2. The molecule has 246 valence electrons. The molecular weight excluding hydrogens is 696 g/mol. The summed E-state index contributed by atoms with van der Waals surface area (Å²) in [6.07, 6.45) is 3.52. The quantitative estimate of drug-likeness (QED) is 0.0539. The van der Waals surface area contributed by atoms with Crippen LogP contribution in [0.3, 0.4) is 0 Å². The highest BCUT2D eigenvalue weighted by Gasteiger charge is 2.20. The Hall–Kier alpha value is -2.69. The Morgan fingerprint density at radius 2 is 2.04 bits per heavy atom. The maximum atomic E-state index is 13.7. The van der Waals surface area contributed by atoms with Crippen molar-refractivity contribution in [1.29, 1.82) is 0 Å². The van der Waals surface area contributed by atoms with Gasteiger partial charge in [-0.15, -0.1) is 0 Å². The van der Waals surface area contributed by atoms with E-state index in [1.807, 2.05) is 0 Å². The number of anilines is 3. The molecule has 18 heteroatoms. The number of thioether (sulfide) groups is 1. The molecule has 5 rings (SSSR count). The molecule has 0 saturated carbocycles. The van der Waals surface area contributed by atoms with E-state index in [9.17, 15) is 13.8 Å². The zero-order chi connectivity index (χ0) is 32.8. The fourth-order valence-electron chi connectivity index (χ4n) is 4.75. The van der Waals surface area contributed by atoms with Gasteiger partial charge in [0.1, 0.15) is 30.3 Å². The molecule has 2 aromatic heterocycles. The lowest BCUT2D eigenvalue weighted by molar-refractivity contribution is -0.117. The van der Waals surface area contributed by atoms with Gasteiger partial charge in [0.05, 0.1) is 29.0 Å². The van der Waals surface area contributed by atoms with Gasteiger partial charge in [0.15, 0.2) is 8.29 Å². The van der Waals surface area contributed by atoms with Gasteiger partial charge in [-0.2, -0.15) is 5.10 Å².